The van der Waals surface area contributed by atoms with Gasteiger partial charge in [-0.15, -0.1) is 11.3 Å². The number of hydrogen-bond acceptors (Lipinski definition) is 3. The molecular weight excluding hydrogens is 284 g/mol. The third-order valence-electron chi connectivity index (χ3n) is 2.78. The summed E-state index contributed by atoms with van der Waals surface area (Å²) in [5.41, 5.74) is 9.62. The van der Waals surface area contributed by atoms with Crippen molar-refractivity contribution >= 4 is 27.3 Å². The van der Waals surface area contributed by atoms with Gasteiger partial charge < -0.3 is 5.73 Å². The number of nitrogens with zero attached hydrogens (tertiary/aromatic N) is 1. The topological polar surface area (TPSA) is 38.9 Å². The molecule has 1 unspecified atom stereocenters. The van der Waals surface area contributed by atoms with E-state index in [1.54, 1.807) is 11.3 Å². The molecule has 2 aromatic rings. The largest absolute Gasteiger partial charge is 0.322 e. The fourth-order valence-corrected chi connectivity index (χ4v) is 3.47. The Kier molecular flexibility index (Phi) is 2.38. The van der Waals surface area contributed by atoms with Crippen LogP contribution in [0.3, 0.4) is 0 Å². The van der Waals surface area contributed by atoms with E-state index in [2.05, 4.69) is 39.1 Å². The molecule has 0 saturated heterocycles. The van der Waals surface area contributed by atoms with E-state index in [4.69, 9.17) is 5.73 Å². The molecule has 1 aliphatic carbocycles. The first-order chi connectivity index (χ1) is 7.65. The molecule has 1 aliphatic rings. The van der Waals surface area contributed by atoms with E-state index >= 15 is 0 Å². The van der Waals surface area contributed by atoms with Crippen LogP contribution in [-0.2, 0) is 6.42 Å². The third-order valence-corrected chi connectivity index (χ3v) is 4.53. The standard InChI is InChI=1S/C12H11BrN2S/c1-6(14)12-15-11-9-3-2-8(13)4-7(9)5-10(11)16-12/h2-4,6H,5,14H2,1H3. The van der Waals surface area contributed by atoms with Crippen LogP contribution >= 0.6 is 27.3 Å². The molecule has 0 fully saturated rings. The zero-order valence-electron chi connectivity index (χ0n) is 8.83. The molecule has 16 heavy (non-hydrogen) atoms. The van der Waals surface area contributed by atoms with E-state index in [0.717, 1.165) is 21.6 Å². The van der Waals surface area contributed by atoms with Gasteiger partial charge in [-0.05, 0) is 24.6 Å². The molecule has 2 N–H and O–H groups in total. The SMILES string of the molecule is CC(N)c1nc2c(s1)Cc1cc(Br)ccc1-2. The number of nitrogens with two attached hydrogens (primary N) is 1. The molecule has 0 radical (unpaired) electrons. The van der Waals surface area contributed by atoms with Crippen molar-refractivity contribution in [3.05, 3.63) is 38.1 Å². The molecule has 0 saturated carbocycles. The minimum Gasteiger partial charge on any atom is -0.322 e. The maximum absolute atomic E-state index is 5.86. The lowest BCUT2D eigenvalue weighted by atomic mass is 10.1. The zero-order valence-corrected chi connectivity index (χ0v) is 11.2. The van der Waals surface area contributed by atoms with Crippen molar-refractivity contribution in [3.8, 4) is 11.3 Å². The van der Waals surface area contributed by atoms with Gasteiger partial charge in [-0.2, -0.15) is 0 Å². The zero-order chi connectivity index (χ0) is 11.3. The maximum atomic E-state index is 5.86. The van der Waals surface area contributed by atoms with Crippen molar-refractivity contribution in [2.45, 2.75) is 19.4 Å². The van der Waals surface area contributed by atoms with Crippen LogP contribution in [0.15, 0.2) is 22.7 Å². The van der Waals surface area contributed by atoms with E-state index in [-0.39, 0.29) is 6.04 Å². The van der Waals surface area contributed by atoms with Gasteiger partial charge in [0.1, 0.15) is 5.01 Å². The normalized spacial score (nSPS) is 14.7. The molecule has 0 spiro atoms. The van der Waals surface area contributed by atoms with Crippen LogP contribution in [0.5, 0.6) is 0 Å². The quantitative estimate of drug-likeness (QED) is 0.746. The number of aromatic nitrogens is 1. The Bertz CT molecular complexity index is 560. The van der Waals surface area contributed by atoms with Crippen LogP contribution in [0.4, 0.5) is 0 Å². The van der Waals surface area contributed by atoms with Crippen LogP contribution in [-0.4, -0.2) is 4.98 Å². The lowest BCUT2D eigenvalue weighted by Crippen LogP contribution is -2.04. The summed E-state index contributed by atoms with van der Waals surface area (Å²) in [6.07, 6.45) is 0.995. The van der Waals surface area contributed by atoms with Crippen LogP contribution in [0.25, 0.3) is 11.3 Å². The molecule has 1 atom stereocenters. The van der Waals surface area contributed by atoms with Gasteiger partial charge in [0.25, 0.3) is 0 Å². The van der Waals surface area contributed by atoms with E-state index < -0.39 is 0 Å². The van der Waals surface area contributed by atoms with Crippen LogP contribution in [0, 0.1) is 0 Å². The van der Waals surface area contributed by atoms with Crippen molar-refractivity contribution in [2.24, 2.45) is 5.73 Å². The second kappa shape index (κ2) is 3.65. The molecule has 0 bridgehead atoms. The third kappa shape index (κ3) is 1.52. The first kappa shape index (κ1) is 10.4. The van der Waals surface area contributed by atoms with E-state index in [0.29, 0.717) is 0 Å². The fraction of sp³-hybridized carbons (Fsp3) is 0.250. The van der Waals surface area contributed by atoms with E-state index in [1.807, 2.05) is 6.92 Å². The Morgan fingerprint density at radius 2 is 2.31 bits per heavy atom. The molecule has 4 heteroatoms. The van der Waals surface area contributed by atoms with E-state index in [1.165, 1.54) is 16.0 Å². The van der Waals surface area contributed by atoms with Gasteiger partial charge in [-0.3, -0.25) is 0 Å². The molecule has 2 nitrogen and oxygen atoms in total. The minimum absolute atomic E-state index is 0.0366. The molecule has 1 heterocycles. The Morgan fingerprint density at radius 3 is 3.06 bits per heavy atom. The summed E-state index contributed by atoms with van der Waals surface area (Å²) < 4.78 is 1.13. The average Bonchev–Trinajstić information content (AvgIpc) is 2.73. The monoisotopic (exact) mass is 294 g/mol. The van der Waals surface area contributed by atoms with Gasteiger partial charge in [-0.25, -0.2) is 4.98 Å². The number of halogens is 1. The smallest absolute Gasteiger partial charge is 0.110 e. The lowest BCUT2D eigenvalue weighted by Gasteiger charge is -2.01. The van der Waals surface area contributed by atoms with Gasteiger partial charge in [0.05, 0.1) is 11.7 Å². The van der Waals surface area contributed by atoms with Gasteiger partial charge in [0, 0.05) is 21.3 Å². The molecular formula is C12H11BrN2S. The second-order valence-electron chi connectivity index (χ2n) is 4.09. The van der Waals surface area contributed by atoms with Gasteiger partial charge in [0.2, 0.25) is 0 Å². The highest BCUT2D eigenvalue weighted by atomic mass is 79.9. The summed E-state index contributed by atoms with van der Waals surface area (Å²) in [7, 11) is 0. The average molecular weight is 295 g/mol. The fourth-order valence-electron chi connectivity index (χ4n) is 2.01. The first-order valence-corrected chi connectivity index (χ1v) is 6.80. The molecule has 3 rings (SSSR count). The summed E-state index contributed by atoms with van der Waals surface area (Å²) in [4.78, 5) is 5.99. The Hall–Kier alpha value is -0.710. The second-order valence-corrected chi connectivity index (χ2v) is 6.12. The van der Waals surface area contributed by atoms with Gasteiger partial charge in [0.15, 0.2) is 0 Å². The van der Waals surface area contributed by atoms with Crippen molar-refractivity contribution in [1.29, 1.82) is 0 Å². The van der Waals surface area contributed by atoms with Crippen LogP contribution in [0.1, 0.15) is 28.4 Å². The van der Waals surface area contributed by atoms with Crippen LogP contribution < -0.4 is 5.73 Å². The number of fused-ring (bicyclic) bond motifs is 3. The highest BCUT2D eigenvalue weighted by Gasteiger charge is 2.24. The Labute approximate surface area is 107 Å². The van der Waals surface area contributed by atoms with Crippen molar-refractivity contribution in [3.63, 3.8) is 0 Å². The minimum atomic E-state index is 0.0366. The summed E-state index contributed by atoms with van der Waals surface area (Å²) in [6, 6.07) is 6.42. The van der Waals surface area contributed by atoms with Crippen molar-refractivity contribution < 1.29 is 0 Å². The van der Waals surface area contributed by atoms with Crippen LogP contribution in [0.2, 0.25) is 0 Å². The Morgan fingerprint density at radius 1 is 1.50 bits per heavy atom. The first-order valence-electron chi connectivity index (χ1n) is 5.19. The summed E-state index contributed by atoms with van der Waals surface area (Å²) in [5.74, 6) is 0. The predicted molar refractivity (Wildman–Crippen MR) is 70.7 cm³/mol. The van der Waals surface area contributed by atoms with Crippen molar-refractivity contribution in [1.82, 2.24) is 4.98 Å². The number of benzene rings is 1. The lowest BCUT2D eigenvalue weighted by molar-refractivity contribution is 0.808. The maximum Gasteiger partial charge on any atom is 0.110 e. The highest BCUT2D eigenvalue weighted by molar-refractivity contribution is 9.10. The van der Waals surface area contributed by atoms with Gasteiger partial charge >= 0.3 is 0 Å². The predicted octanol–water partition coefficient (Wildman–Crippen LogP) is 3.50. The molecule has 1 aromatic heterocycles. The van der Waals surface area contributed by atoms with E-state index in [9.17, 15) is 0 Å². The van der Waals surface area contributed by atoms with Gasteiger partial charge in [-0.1, -0.05) is 22.0 Å². The highest BCUT2D eigenvalue weighted by Crippen LogP contribution is 2.41. The number of rotatable bonds is 1. The molecule has 1 aromatic carbocycles. The molecule has 0 amide bonds. The number of thiazole rings is 1. The molecule has 82 valence electrons. The Balaban J connectivity index is 2.13. The summed E-state index contributed by atoms with van der Waals surface area (Å²) in [6.45, 7) is 1.98. The molecule has 0 aliphatic heterocycles. The summed E-state index contributed by atoms with van der Waals surface area (Å²) in [5, 5.41) is 1.04. The van der Waals surface area contributed by atoms with Crippen molar-refractivity contribution in [2.75, 3.05) is 0 Å². The number of hydrogen-bond donors (Lipinski definition) is 1. The summed E-state index contributed by atoms with van der Waals surface area (Å²) >= 11 is 5.24.